The molecule has 1 fully saturated rings. The molecule has 0 spiro atoms. The van der Waals surface area contributed by atoms with Gasteiger partial charge in [-0.2, -0.15) is 4.31 Å². The van der Waals surface area contributed by atoms with Crippen LogP contribution in [0, 0.1) is 19.7 Å². The second-order valence-corrected chi connectivity index (χ2v) is 8.51. The van der Waals surface area contributed by atoms with Gasteiger partial charge in [0.2, 0.25) is 10.0 Å². The Balaban J connectivity index is 2.04. The van der Waals surface area contributed by atoms with E-state index in [0.717, 1.165) is 11.1 Å². The number of nitrogens with zero attached hydrogens (tertiary/aromatic N) is 1. The van der Waals surface area contributed by atoms with Gasteiger partial charge in [-0.05, 0) is 62.1 Å². The maximum atomic E-state index is 13.4. The van der Waals surface area contributed by atoms with Crippen LogP contribution in [0.25, 0.3) is 0 Å². The monoisotopic (exact) mass is 363 g/mol. The minimum Gasteiger partial charge on any atom is -0.393 e. The number of aliphatic hydroxyl groups is 1. The number of hydrogen-bond acceptors (Lipinski definition) is 3. The fraction of sp³-hybridized carbons (Fsp3) is 0.368. The smallest absolute Gasteiger partial charge is 0.243 e. The molecule has 0 bridgehead atoms. The molecule has 25 heavy (non-hydrogen) atoms. The summed E-state index contributed by atoms with van der Waals surface area (Å²) >= 11 is 0. The topological polar surface area (TPSA) is 57.6 Å². The number of halogens is 1. The molecule has 1 aliphatic rings. The molecular weight excluding hydrogens is 341 g/mol. The summed E-state index contributed by atoms with van der Waals surface area (Å²) in [6.45, 7) is 3.90. The highest BCUT2D eigenvalue weighted by molar-refractivity contribution is 7.89. The zero-order valence-electron chi connectivity index (χ0n) is 14.3. The van der Waals surface area contributed by atoms with Crippen molar-refractivity contribution in [3.05, 3.63) is 65.0 Å². The molecule has 0 unspecified atom stereocenters. The van der Waals surface area contributed by atoms with Crippen LogP contribution in [0.3, 0.4) is 0 Å². The molecule has 0 aromatic heterocycles. The normalized spacial score (nSPS) is 22.1. The van der Waals surface area contributed by atoms with Crippen LogP contribution in [0.5, 0.6) is 0 Å². The van der Waals surface area contributed by atoms with Gasteiger partial charge < -0.3 is 5.11 Å². The van der Waals surface area contributed by atoms with Crippen LogP contribution < -0.4 is 0 Å². The molecule has 0 saturated carbocycles. The summed E-state index contributed by atoms with van der Waals surface area (Å²) in [5, 5.41) is 10.1. The van der Waals surface area contributed by atoms with Gasteiger partial charge in [0.25, 0.3) is 0 Å². The predicted molar refractivity (Wildman–Crippen MR) is 94.2 cm³/mol. The molecule has 2 aromatic rings. The standard InChI is InChI=1S/C19H22FNO3S/c1-13-3-6-17(7-4-13)25(23,24)21-10-9-16(22)12-19(21)18-8-5-15(20)11-14(18)2/h3-8,11,16,19,22H,9-10,12H2,1-2H3/t16-,19+/m0/s1. The van der Waals surface area contributed by atoms with E-state index in [4.69, 9.17) is 0 Å². The number of aryl methyl sites for hydroxylation is 2. The predicted octanol–water partition coefficient (Wildman–Crippen LogP) is 3.33. The first-order valence-corrected chi connectivity index (χ1v) is 9.75. The van der Waals surface area contributed by atoms with E-state index in [0.29, 0.717) is 18.4 Å². The average molecular weight is 363 g/mol. The summed E-state index contributed by atoms with van der Waals surface area (Å²) < 4.78 is 41.2. The lowest BCUT2D eigenvalue weighted by Crippen LogP contribution is -2.42. The molecule has 1 N–H and O–H groups in total. The molecule has 1 heterocycles. The van der Waals surface area contributed by atoms with E-state index in [1.807, 2.05) is 6.92 Å². The quantitative estimate of drug-likeness (QED) is 0.910. The van der Waals surface area contributed by atoms with E-state index >= 15 is 0 Å². The molecule has 1 aliphatic heterocycles. The number of rotatable bonds is 3. The first-order valence-electron chi connectivity index (χ1n) is 8.31. The van der Waals surface area contributed by atoms with Gasteiger partial charge in [-0.3, -0.25) is 0 Å². The Hall–Kier alpha value is -1.76. The summed E-state index contributed by atoms with van der Waals surface area (Å²) in [4.78, 5) is 0.235. The van der Waals surface area contributed by atoms with E-state index in [2.05, 4.69) is 0 Å². The van der Waals surface area contributed by atoms with Gasteiger partial charge in [0, 0.05) is 6.54 Å². The minimum atomic E-state index is -3.70. The van der Waals surface area contributed by atoms with Gasteiger partial charge in [-0.25, -0.2) is 12.8 Å². The Morgan fingerprint density at radius 3 is 2.44 bits per heavy atom. The van der Waals surface area contributed by atoms with Crippen molar-refractivity contribution >= 4 is 10.0 Å². The van der Waals surface area contributed by atoms with Crippen molar-refractivity contribution in [2.24, 2.45) is 0 Å². The van der Waals surface area contributed by atoms with Crippen LogP contribution >= 0.6 is 0 Å². The Kier molecular flexibility index (Phi) is 4.95. The Labute approximate surface area is 148 Å². The van der Waals surface area contributed by atoms with Gasteiger partial charge in [0.1, 0.15) is 5.82 Å². The Bertz CT molecular complexity index is 865. The van der Waals surface area contributed by atoms with Crippen molar-refractivity contribution in [2.75, 3.05) is 6.54 Å². The van der Waals surface area contributed by atoms with E-state index in [9.17, 15) is 17.9 Å². The molecule has 4 nitrogen and oxygen atoms in total. The largest absolute Gasteiger partial charge is 0.393 e. The number of hydrogen-bond donors (Lipinski definition) is 1. The molecule has 0 amide bonds. The lowest BCUT2D eigenvalue weighted by molar-refractivity contribution is 0.0806. The van der Waals surface area contributed by atoms with Crippen molar-refractivity contribution < 1.29 is 17.9 Å². The van der Waals surface area contributed by atoms with Gasteiger partial charge in [-0.1, -0.05) is 23.8 Å². The van der Waals surface area contributed by atoms with Crippen LogP contribution in [-0.4, -0.2) is 30.5 Å². The molecule has 1 saturated heterocycles. The van der Waals surface area contributed by atoms with Crippen molar-refractivity contribution in [2.45, 2.75) is 43.7 Å². The van der Waals surface area contributed by atoms with Crippen LogP contribution in [-0.2, 0) is 10.0 Å². The lowest BCUT2D eigenvalue weighted by atomic mass is 9.92. The average Bonchev–Trinajstić information content (AvgIpc) is 2.55. The van der Waals surface area contributed by atoms with Gasteiger partial charge in [-0.15, -0.1) is 0 Å². The van der Waals surface area contributed by atoms with Gasteiger partial charge in [0.15, 0.2) is 0 Å². The SMILES string of the molecule is Cc1ccc(S(=O)(=O)N2CC[C@H](O)C[C@@H]2c2ccc(F)cc2C)cc1. The first kappa shape index (κ1) is 18.0. The molecule has 0 aliphatic carbocycles. The zero-order chi connectivity index (χ0) is 18.2. The van der Waals surface area contributed by atoms with Crippen molar-refractivity contribution in [1.29, 1.82) is 0 Å². The highest BCUT2D eigenvalue weighted by Gasteiger charge is 2.37. The molecule has 6 heteroatoms. The molecule has 3 rings (SSSR count). The summed E-state index contributed by atoms with van der Waals surface area (Å²) in [5.41, 5.74) is 2.40. The van der Waals surface area contributed by atoms with Crippen molar-refractivity contribution in [3.63, 3.8) is 0 Å². The van der Waals surface area contributed by atoms with E-state index in [1.54, 1.807) is 37.3 Å². The van der Waals surface area contributed by atoms with Crippen molar-refractivity contribution in [1.82, 2.24) is 4.31 Å². The van der Waals surface area contributed by atoms with Gasteiger partial charge >= 0.3 is 0 Å². The third-order valence-corrected chi connectivity index (χ3v) is 6.67. The van der Waals surface area contributed by atoms with E-state index in [-0.39, 0.29) is 17.3 Å². The molecule has 0 radical (unpaired) electrons. The van der Waals surface area contributed by atoms with E-state index in [1.165, 1.54) is 16.4 Å². The fourth-order valence-corrected chi connectivity index (χ4v) is 4.98. The Morgan fingerprint density at radius 2 is 1.80 bits per heavy atom. The van der Waals surface area contributed by atoms with Crippen LogP contribution in [0.2, 0.25) is 0 Å². The first-order chi connectivity index (χ1) is 11.8. The van der Waals surface area contributed by atoms with Crippen molar-refractivity contribution in [3.8, 4) is 0 Å². The minimum absolute atomic E-state index is 0.235. The van der Waals surface area contributed by atoms with Gasteiger partial charge in [0.05, 0.1) is 17.0 Å². The Morgan fingerprint density at radius 1 is 1.12 bits per heavy atom. The summed E-state index contributed by atoms with van der Waals surface area (Å²) in [6, 6.07) is 10.6. The van der Waals surface area contributed by atoms with Crippen LogP contribution in [0.15, 0.2) is 47.4 Å². The molecule has 2 atom stereocenters. The number of sulfonamides is 1. The third-order valence-electron chi connectivity index (χ3n) is 4.74. The maximum absolute atomic E-state index is 13.4. The third kappa shape index (κ3) is 3.61. The molecular formula is C19H22FNO3S. The highest BCUT2D eigenvalue weighted by atomic mass is 32.2. The lowest BCUT2D eigenvalue weighted by Gasteiger charge is -2.37. The second-order valence-electron chi connectivity index (χ2n) is 6.62. The summed E-state index contributed by atoms with van der Waals surface area (Å²) in [5.74, 6) is -0.356. The number of piperidine rings is 1. The van der Waals surface area contributed by atoms with Crippen LogP contribution in [0.4, 0.5) is 4.39 Å². The summed E-state index contributed by atoms with van der Waals surface area (Å²) in [7, 11) is -3.70. The van der Waals surface area contributed by atoms with E-state index < -0.39 is 22.2 Å². The maximum Gasteiger partial charge on any atom is 0.243 e. The fourth-order valence-electron chi connectivity index (χ4n) is 3.35. The molecule has 134 valence electrons. The van der Waals surface area contributed by atoms with Crippen LogP contribution in [0.1, 0.15) is 35.6 Å². The highest BCUT2D eigenvalue weighted by Crippen LogP contribution is 2.37. The summed E-state index contributed by atoms with van der Waals surface area (Å²) in [6.07, 6.45) is 0.123. The second kappa shape index (κ2) is 6.86. The molecule has 2 aromatic carbocycles. The number of aliphatic hydroxyl groups excluding tert-OH is 1. The zero-order valence-corrected chi connectivity index (χ0v) is 15.1. The number of benzene rings is 2.